The molecule has 6 nitrogen and oxygen atoms in total. The first kappa shape index (κ1) is 13.7. The molecule has 96 valence electrons. The van der Waals surface area contributed by atoms with E-state index in [0.29, 0.717) is 0 Å². The van der Waals surface area contributed by atoms with Gasteiger partial charge in [0.05, 0.1) is 31.0 Å². The van der Waals surface area contributed by atoms with Gasteiger partial charge in [-0.15, -0.1) is 0 Å². The maximum absolute atomic E-state index is 11.6. The zero-order valence-electron chi connectivity index (χ0n) is 10.3. The topological polar surface area (TPSA) is 81.7 Å². The molecule has 1 aromatic carbocycles. The zero-order chi connectivity index (χ0) is 13.7. The van der Waals surface area contributed by atoms with Crippen LogP contribution in [-0.2, 0) is 14.3 Å². The van der Waals surface area contributed by atoms with Gasteiger partial charge in [0.1, 0.15) is 0 Å². The van der Waals surface area contributed by atoms with Gasteiger partial charge in [0.15, 0.2) is 0 Å². The van der Waals surface area contributed by atoms with Gasteiger partial charge in [0.25, 0.3) is 0 Å². The highest BCUT2D eigenvalue weighted by molar-refractivity contribution is 6.03. The molecule has 0 bridgehead atoms. The molecule has 1 aromatic rings. The normalized spacial score (nSPS) is 9.50. The molecule has 0 radical (unpaired) electrons. The lowest BCUT2D eigenvalue weighted by atomic mass is 10.1. The van der Waals surface area contributed by atoms with E-state index in [1.807, 2.05) is 0 Å². The second-order valence-electron chi connectivity index (χ2n) is 3.42. The third-order valence-electron chi connectivity index (χ3n) is 2.16. The Balaban J connectivity index is 3.24. The summed E-state index contributed by atoms with van der Waals surface area (Å²) in [5.41, 5.74) is 0.574. The van der Waals surface area contributed by atoms with Crippen molar-refractivity contribution in [1.29, 1.82) is 0 Å². The fourth-order valence-electron chi connectivity index (χ4n) is 1.37. The Kier molecular flexibility index (Phi) is 4.42. The fraction of sp³-hybridized carbons (Fsp3) is 0.250. The molecule has 0 atom stereocenters. The van der Waals surface area contributed by atoms with Crippen molar-refractivity contribution in [3.8, 4) is 0 Å². The van der Waals surface area contributed by atoms with Crippen molar-refractivity contribution in [2.45, 2.75) is 6.92 Å². The first-order chi connectivity index (χ1) is 8.49. The number of ether oxygens (including phenoxy) is 2. The highest BCUT2D eigenvalue weighted by Gasteiger charge is 2.16. The van der Waals surface area contributed by atoms with Crippen molar-refractivity contribution in [3.05, 3.63) is 29.3 Å². The number of rotatable bonds is 3. The van der Waals surface area contributed by atoms with Gasteiger partial charge >= 0.3 is 11.9 Å². The van der Waals surface area contributed by atoms with Gasteiger partial charge in [-0.2, -0.15) is 0 Å². The molecule has 0 aliphatic heterocycles. The standard InChI is InChI=1S/C12H13NO5/c1-7(14)13-10-5-4-8(11(15)17-2)6-9(10)12(16)18-3/h4-6H,1-3H3,(H,13,14). The number of carbonyl (C=O) groups excluding carboxylic acids is 3. The maximum atomic E-state index is 11.6. The van der Waals surface area contributed by atoms with E-state index in [2.05, 4.69) is 14.8 Å². The smallest absolute Gasteiger partial charge is 0.340 e. The number of nitrogens with one attached hydrogen (secondary N) is 1. The Bertz CT molecular complexity index is 495. The molecule has 1 amide bonds. The number of esters is 2. The summed E-state index contributed by atoms with van der Waals surface area (Å²) in [7, 11) is 2.45. The lowest BCUT2D eigenvalue weighted by molar-refractivity contribution is -0.114. The van der Waals surface area contributed by atoms with Crippen LogP contribution in [0.25, 0.3) is 0 Å². The van der Waals surface area contributed by atoms with Gasteiger partial charge in [0.2, 0.25) is 5.91 Å². The summed E-state index contributed by atoms with van der Waals surface area (Å²) in [4.78, 5) is 33.9. The molecule has 6 heteroatoms. The van der Waals surface area contributed by atoms with Gasteiger partial charge in [-0.05, 0) is 18.2 Å². The monoisotopic (exact) mass is 251 g/mol. The van der Waals surface area contributed by atoms with E-state index in [0.717, 1.165) is 0 Å². The molecule has 0 aliphatic rings. The molecule has 0 aliphatic carbocycles. The van der Waals surface area contributed by atoms with Crippen LogP contribution in [0.4, 0.5) is 5.69 Å². The SMILES string of the molecule is COC(=O)c1ccc(NC(C)=O)c(C(=O)OC)c1. The third kappa shape index (κ3) is 3.07. The quantitative estimate of drug-likeness (QED) is 0.817. The van der Waals surface area contributed by atoms with Crippen LogP contribution in [0.3, 0.4) is 0 Å². The third-order valence-corrected chi connectivity index (χ3v) is 2.16. The maximum Gasteiger partial charge on any atom is 0.340 e. The minimum absolute atomic E-state index is 0.0931. The van der Waals surface area contributed by atoms with Crippen molar-refractivity contribution in [2.75, 3.05) is 19.5 Å². The summed E-state index contributed by atoms with van der Waals surface area (Å²) < 4.78 is 9.13. The Morgan fingerprint density at radius 1 is 1.06 bits per heavy atom. The van der Waals surface area contributed by atoms with Crippen LogP contribution in [-0.4, -0.2) is 32.1 Å². The van der Waals surface area contributed by atoms with E-state index >= 15 is 0 Å². The molecule has 1 N–H and O–H groups in total. The van der Waals surface area contributed by atoms with E-state index < -0.39 is 11.9 Å². The lowest BCUT2D eigenvalue weighted by Gasteiger charge is -2.09. The van der Waals surface area contributed by atoms with Crippen LogP contribution < -0.4 is 5.32 Å². The minimum Gasteiger partial charge on any atom is -0.465 e. The Morgan fingerprint density at radius 3 is 2.17 bits per heavy atom. The fourth-order valence-corrected chi connectivity index (χ4v) is 1.37. The van der Waals surface area contributed by atoms with Crippen LogP contribution in [0.15, 0.2) is 18.2 Å². The summed E-state index contributed by atoms with van der Waals surface area (Å²) in [6.07, 6.45) is 0. The predicted molar refractivity (Wildman–Crippen MR) is 63.4 cm³/mol. The van der Waals surface area contributed by atoms with E-state index in [9.17, 15) is 14.4 Å². The van der Waals surface area contributed by atoms with Crippen molar-refractivity contribution < 1.29 is 23.9 Å². The number of amides is 1. The number of benzene rings is 1. The highest BCUT2D eigenvalue weighted by atomic mass is 16.5. The molecule has 0 aromatic heterocycles. The van der Waals surface area contributed by atoms with Crippen LogP contribution in [0.5, 0.6) is 0 Å². The average molecular weight is 251 g/mol. The number of methoxy groups -OCH3 is 2. The summed E-state index contributed by atoms with van der Waals surface area (Å²) in [5, 5.41) is 2.48. The summed E-state index contributed by atoms with van der Waals surface area (Å²) in [6, 6.07) is 4.20. The van der Waals surface area contributed by atoms with Crippen LogP contribution in [0.1, 0.15) is 27.6 Å². The first-order valence-corrected chi connectivity index (χ1v) is 5.08. The van der Waals surface area contributed by atoms with Gasteiger partial charge in [0, 0.05) is 6.92 Å². The van der Waals surface area contributed by atoms with E-state index in [-0.39, 0.29) is 22.7 Å². The number of anilines is 1. The van der Waals surface area contributed by atoms with Gasteiger partial charge < -0.3 is 14.8 Å². The van der Waals surface area contributed by atoms with E-state index in [4.69, 9.17) is 0 Å². The number of carbonyl (C=O) groups is 3. The average Bonchev–Trinajstić information content (AvgIpc) is 2.36. The molecule has 0 spiro atoms. The van der Waals surface area contributed by atoms with Gasteiger partial charge in [-0.25, -0.2) is 9.59 Å². The second kappa shape index (κ2) is 5.81. The molecule has 1 rings (SSSR count). The molecule has 18 heavy (non-hydrogen) atoms. The van der Waals surface area contributed by atoms with Crippen molar-refractivity contribution in [3.63, 3.8) is 0 Å². The zero-order valence-corrected chi connectivity index (χ0v) is 10.3. The van der Waals surface area contributed by atoms with Crippen molar-refractivity contribution in [2.24, 2.45) is 0 Å². The molecule has 0 heterocycles. The van der Waals surface area contributed by atoms with E-state index in [1.165, 1.54) is 39.3 Å². The molecular weight excluding hydrogens is 238 g/mol. The second-order valence-corrected chi connectivity index (χ2v) is 3.42. The lowest BCUT2D eigenvalue weighted by Crippen LogP contribution is -2.13. The molecule has 0 saturated carbocycles. The molecule has 0 unspecified atom stereocenters. The number of hydrogen-bond acceptors (Lipinski definition) is 5. The summed E-state index contributed by atoms with van der Waals surface area (Å²) in [5.74, 6) is -1.55. The molecule has 0 saturated heterocycles. The Labute approximate surface area is 104 Å². The van der Waals surface area contributed by atoms with Crippen LogP contribution >= 0.6 is 0 Å². The highest BCUT2D eigenvalue weighted by Crippen LogP contribution is 2.19. The first-order valence-electron chi connectivity index (χ1n) is 5.08. The predicted octanol–water partition coefficient (Wildman–Crippen LogP) is 1.22. The van der Waals surface area contributed by atoms with Crippen molar-refractivity contribution in [1.82, 2.24) is 0 Å². The summed E-state index contributed by atoms with van der Waals surface area (Å²) in [6.45, 7) is 1.31. The minimum atomic E-state index is -0.649. The Morgan fingerprint density at radius 2 is 1.67 bits per heavy atom. The van der Waals surface area contributed by atoms with Crippen LogP contribution in [0.2, 0.25) is 0 Å². The van der Waals surface area contributed by atoms with Gasteiger partial charge in [-0.3, -0.25) is 4.79 Å². The Hall–Kier alpha value is -2.37. The van der Waals surface area contributed by atoms with Crippen molar-refractivity contribution >= 4 is 23.5 Å². The van der Waals surface area contributed by atoms with Gasteiger partial charge in [-0.1, -0.05) is 0 Å². The summed E-state index contributed by atoms with van der Waals surface area (Å²) >= 11 is 0. The largest absolute Gasteiger partial charge is 0.465 e. The van der Waals surface area contributed by atoms with Crippen LogP contribution in [0, 0.1) is 0 Å². The molecule has 0 fully saturated rings. The molecular formula is C12H13NO5. The number of hydrogen-bond donors (Lipinski definition) is 1. The van der Waals surface area contributed by atoms with E-state index in [1.54, 1.807) is 0 Å².